The number of rotatable bonds is 2. The zero-order valence-corrected chi connectivity index (χ0v) is 13.4. The molecule has 0 spiro atoms. The first kappa shape index (κ1) is 16.9. The zero-order chi connectivity index (χ0) is 15.2. The smallest absolute Gasteiger partial charge is 0.225 e. The Morgan fingerprint density at radius 1 is 1.00 bits per heavy atom. The molecule has 2 N–H and O–H groups in total. The van der Waals surface area contributed by atoms with Gasteiger partial charge < -0.3 is 0 Å². The van der Waals surface area contributed by atoms with Crippen LogP contribution >= 0.6 is 31.9 Å². The molecule has 0 unspecified atom stereocenters. The van der Waals surface area contributed by atoms with Crippen molar-refractivity contribution >= 4 is 51.7 Å². The molecule has 0 aliphatic rings. The van der Waals surface area contributed by atoms with Crippen LogP contribution in [0.3, 0.4) is 0 Å². The maximum Gasteiger partial charge on any atom is 0.501 e. The summed E-state index contributed by atoms with van der Waals surface area (Å²) in [5.41, 5.74) is -5.56. The average Bonchev–Trinajstić information content (AvgIpc) is 2.17. The number of hydrogen-bond acceptors (Lipinski definition) is 4. The summed E-state index contributed by atoms with van der Waals surface area (Å²) in [6.07, 6.45) is 0. The van der Waals surface area contributed by atoms with E-state index in [0.29, 0.717) is 6.07 Å². The lowest BCUT2D eigenvalue weighted by molar-refractivity contribution is -0.0436. The number of alkyl halides is 3. The van der Waals surface area contributed by atoms with E-state index in [0.717, 1.165) is 6.07 Å². The fourth-order valence-electron chi connectivity index (χ4n) is 1.07. The molecule has 0 fully saturated rings. The molecular weight excluding hydrogens is 443 g/mol. The third-order valence-electron chi connectivity index (χ3n) is 1.87. The van der Waals surface area contributed by atoms with Gasteiger partial charge in [-0.2, -0.15) is 13.2 Å². The van der Waals surface area contributed by atoms with Crippen molar-refractivity contribution in [1.29, 1.82) is 0 Å². The molecule has 12 heteroatoms. The Kier molecular flexibility index (Phi) is 4.43. The number of sulfonamides is 1. The molecule has 0 heterocycles. The van der Waals surface area contributed by atoms with E-state index in [1.165, 1.54) is 0 Å². The third kappa shape index (κ3) is 3.29. The van der Waals surface area contributed by atoms with Gasteiger partial charge in [0.05, 0.1) is 14.3 Å². The fraction of sp³-hybridized carbons (Fsp3) is 0.143. The molecule has 1 aromatic carbocycles. The summed E-state index contributed by atoms with van der Waals surface area (Å²) in [4.78, 5) is -2.01. The van der Waals surface area contributed by atoms with E-state index < -0.39 is 39.6 Å². The van der Waals surface area contributed by atoms with Gasteiger partial charge in [-0.1, -0.05) is 15.9 Å². The Morgan fingerprint density at radius 3 is 1.79 bits per heavy atom. The molecule has 0 bridgehead atoms. The predicted molar refractivity (Wildman–Crippen MR) is 66.5 cm³/mol. The number of nitrogens with two attached hydrogens (primary N) is 1. The van der Waals surface area contributed by atoms with Gasteiger partial charge in [0.15, 0.2) is 0 Å². The van der Waals surface area contributed by atoms with Crippen LogP contribution < -0.4 is 5.14 Å². The monoisotopic (exact) mass is 445 g/mol. The Balaban J connectivity index is 3.80. The zero-order valence-electron chi connectivity index (χ0n) is 8.57. The van der Waals surface area contributed by atoms with Gasteiger partial charge in [-0.05, 0) is 28.1 Å². The largest absolute Gasteiger partial charge is 0.501 e. The van der Waals surface area contributed by atoms with Crippen LogP contribution in [0.2, 0.25) is 0 Å². The lowest BCUT2D eigenvalue weighted by atomic mass is 10.4. The molecule has 1 rings (SSSR count). The SMILES string of the molecule is NS(=O)(=O)c1cc(Br)cc(S(=O)(=O)C(F)(F)F)c1Br. The maximum absolute atomic E-state index is 12.5. The van der Waals surface area contributed by atoms with Crippen molar-refractivity contribution < 1.29 is 30.0 Å². The molecule has 0 aromatic heterocycles. The molecule has 0 saturated carbocycles. The second-order valence-corrected chi connectivity index (χ2v) is 8.36. The predicted octanol–water partition coefficient (Wildman–Crippen LogP) is 2.15. The van der Waals surface area contributed by atoms with Crippen molar-refractivity contribution in [2.24, 2.45) is 5.14 Å². The minimum Gasteiger partial charge on any atom is -0.225 e. The van der Waals surface area contributed by atoms with E-state index >= 15 is 0 Å². The molecule has 0 amide bonds. The van der Waals surface area contributed by atoms with Crippen LogP contribution in [-0.2, 0) is 19.9 Å². The van der Waals surface area contributed by atoms with Crippen molar-refractivity contribution in [2.45, 2.75) is 15.3 Å². The van der Waals surface area contributed by atoms with E-state index in [1.54, 1.807) is 0 Å². The minimum absolute atomic E-state index is 0.178. The van der Waals surface area contributed by atoms with E-state index in [2.05, 4.69) is 31.9 Å². The topological polar surface area (TPSA) is 94.3 Å². The summed E-state index contributed by atoms with van der Waals surface area (Å²) in [6.45, 7) is 0. The van der Waals surface area contributed by atoms with Crippen LogP contribution in [0.4, 0.5) is 13.2 Å². The number of sulfone groups is 1. The van der Waals surface area contributed by atoms with Gasteiger partial charge in [0.1, 0.15) is 0 Å². The molecule has 0 aliphatic heterocycles. The van der Waals surface area contributed by atoms with Crippen molar-refractivity contribution in [2.75, 3.05) is 0 Å². The van der Waals surface area contributed by atoms with Crippen LogP contribution in [0.5, 0.6) is 0 Å². The lowest BCUT2D eigenvalue weighted by Crippen LogP contribution is -2.24. The van der Waals surface area contributed by atoms with Crippen LogP contribution in [0.25, 0.3) is 0 Å². The van der Waals surface area contributed by atoms with E-state index in [4.69, 9.17) is 5.14 Å². The van der Waals surface area contributed by atoms with Crippen LogP contribution in [0.15, 0.2) is 30.9 Å². The Hall–Kier alpha value is -0.170. The fourth-order valence-corrected chi connectivity index (χ4v) is 4.97. The van der Waals surface area contributed by atoms with Gasteiger partial charge in [0.2, 0.25) is 10.0 Å². The highest BCUT2D eigenvalue weighted by molar-refractivity contribution is 9.11. The highest BCUT2D eigenvalue weighted by Gasteiger charge is 2.48. The summed E-state index contributed by atoms with van der Waals surface area (Å²) in [5.74, 6) is 0. The van der Waals surface area contributed by atoms with Crippen molar-refractivity contribution in [1.82, 2.24) is 0 Å². The maximum atomic E-state index is 12.5. The van der Waals surface area contributed by atoms with Crippen molar-refractivity contribution in [3.05, 3.63) is 21.1 Å². The highest BCUT2D eigenvalue weighted by atomic mass is 79.9. The van der Waals surface area contributed by atoms with Gasteiger partial charge in [-0.25, -0.2) is 22.0 Å². The molecule has 0 atom stereocenters. The highest BCUT2D eigenvalue weighted by Crippen LogP contribution is 2.38. The molecule has 0 radical (unpaired) electrons. The van der Waals surface area contributed by atoms with Gasteiger partial charge in [-0.3, -0.25) is 0 Å². The molecular formula is C7H4Br2F3NO4S2. The van der Waals surface area contributed by atoms with Crippen LogP contribution in [0.1, 0.15) is 0 Å². The van der Waals surface area contributed by atoms with Crippen molar-refractivity contribution in [3.8, 4) is 0 Å². The Bertz CT molecular complexity index is 727. The van der Waals surface area contributed by atoms with E-state index in [1.807, 2.05) is 0 Å². The summed E-state index contributed by atoms with van der Waals surface area (Å²) in [7, 11) is -10.1. The van der Waals surface area contributed by atoms with Crippen molar-refractivity contribution in [3.63, 3.8) is 0 Å². The van der Waals surface area contributed by atoms with E-state index in [-0.39, 0.29) is 4.47 Å². The standard InChI is InChI=1S/C7H4Br2F3NO4S2/c8-3-1-4(18(14,15)7(10,11)12)6(9)5(2-3)19(13,16)17/h1-2H,(H2,13,16,17). The normalized spacial score (nSPS) is 13.6. The van der Waals surface area contributed by atoms with Gasteiger partial charge in [-0.15, -0.1) is 0 Å². The lowest BCUT2D eigenvalue weighted by Gasteiger charge is -2.12. The minimum atomic E-state index is -5.71. The number of halogens is 5. The van der Waals surface area contributed by atoms with Gasteiger partial charge >= 0.3 is 5.51 Å². The first-order chi connectivity index (χ1) is 8.28. The number of primary sulfonamides is 1. The second-order valence-electron chi connectivity index (χ2n) is 3.21. The average molecular weight is 447 g/mol. The van der Waals surface area contributed by atoms with Gasteiger partial charge in [0.25, 0.3) is 9.84 Å². The number of hydrogen-bond donors (Lipinski definition) is 1. The molecule has 1 aromatic rings. The number of benzene rings is 1. The Morgan fingerprint density at radius 2 is 1.42 bits per heavy atom. The van der Waals surface area contributed by atoms with Crippen LogP contribution in [-0.4, -0.2) is 22.3 Å². The quantitative estimate of drug-likeness (QED) is 0.752. The second kappa shape index (κ2) is 4.98. The summed E-state index contributed by atoms with van der Waals surface area (Å²) in [6, 6.07) is 1.51. The molecule has 5 nitrogen and oxygen atoms in total. The molecule has 108 valence electrons. The van der Waals surface area contributed by atoms with Crippen LogP contribution in [0, 0.1) is 0 Å². The first-order valence-electron chi connectivity index (χ1n) is 4.11. The first-order valence-corrected chi connectivity index (χ1v) is 8.73. The third-order valence-corrected chi connectivity index (χ3v) is 6.15. The van der Waals surface area contributed by atoms with E-state index in [9.17, 15) is 30.0 Å². The summed E-state index contributed by atoms with van der Waals surface area (Å²) < 4.78 is 81.4. The van der Waals surface area contributed by atoms with Gasteiger partial charge in [0, 0.05) is 4.47 Å². The summed E-state index contributed by atoms with van der Waals surface area (Å²) in [5, 5.41) is 4.79. The summed E-state index contributed by atoms with van der Waals surface area (Å²) >= 11 is 5.25. The molecule has 0 aliphatic carbocycles. The molecule has 19 heavy (non-hydrogen) atoms. The molecule has 0 saturated heterocycles. The Labute approximate surface area is 123 Å².